The number of rotatable bonds is 3. The van der Waals surface area contributed by atoms with Crippen LogP contribution in [0, 0.1) is 5.92 Å². The summed E-state index contributed by atoms with van der Waals surface area (Å²) in [6.45, 7) is 6.97. The number of alkyl carbamates (subject to hydrolysis) is 1. The molecular formula is C13H24N2O4. The van der Waals surface area contributed by atoms with E-state index in [0.717, 1.165) is 19.4 Å². The number of hydrogen-bond donors (Lipinski definition) is 2. The molecule has 6 nitrogen and oxygen atoms in total. The van der Waals surface area contributed by atoms with E-state index in [-0.39, 0.29) is 5.92 Å². The number of esters is 1. The van der Waals surface area contributed by atoms with E-state index in [0.29, 0.717) is 6.54 Å². The lowest BCUT2D eigenvalue weighted by molar-refractivity contribution is -0.144. The normalized spacial score (nSPS) is 21.4. The Morgan fingerprint density at radius 1 is 1.37 bits per heavy atom. The summed E-state index contributed by atoms with van der Waals surface area (Å²) in [7, 11) is 1.32. The fourth-order valence-corrected chi connectivity index (χ4v) is 2.09. The molecule has 0 aliphatic carbocycles. The molecule has 0 aromatic heterocycles. The molecule has 19 heavy (non-hydrogen) atoms. The van der Waals surface area contributed by atoms with E-state index in [1.165, 1.54) is 7.11 Å². The molecule has 1 fully saturated rings. The Morgan fingerprint density at radius 3 is 2.53 bits per heavy atom. The van der Waals surface area contributed by atoms with Gasteiger partial charge in [0, 0.05) is 12.5 Å². The molecule has 6 heteroatoms. The Labute approximate surface area is 114 Å². The van der Waals surface area contributed by atoms with E-state index in [1.807, 2.05) is 0 Å². The first kappa shape index (κ1) is 15.8. The first-order valence-corrected chi connectivity index (χ1v) is 6.61. The molecule has 2 N–H and O–H groups in total. The van der Waals surface area contributed by atoms with Crippen LogP contribution in [0.1, 0.15) is 33.6 Å². The summed E-state index contributed by atoms with van der Waals surface area (Å²) in [5.41, 5.74) is -0.588. The van der Waals surface area contributed by atoms with E-state index in [4.69, 9.17) is 9.47 Å². The van der Waals surface area contributed by atoms with Gasteiger partial charge in [-0.3, -0.25) is 0 Å². The average molecular weight is 272 g/mol. The molecule has 110 valence electrons. The predicted octanol–water partition coefficient (Wildman–Crippen LogP) is 1.05. The third-order valence-corrected chi connectivity index (χ3v) is 2.93. The minimum Gasteiger partial charge on any atom is -0.467 e. The van der Waals surface area contributed by atoms with Crippen LogP contribution >= 0.6 is 0 Å². The lowest BCUT2D eigenvalue weighted by atomic mass is 9.92. The summed E-state index contributed by atoms with van der Waals surface area (Å²) in [5, 5.41) is 5.83. The molecule has 1 saturated heterocycles. The van der Waals surface area contributed by atoms with Crippen LogP contribution in [0.4, 0.5) is 4.79 Å². The minimum atomic E-state index is -0.660. The first-order chi connectivity index (χ1) is 8.83. The number of hydrogen-bond acceptors (Lipinski definition) is 5. The second kappa shape index (κ2) is 6.75. The smallest absolute Gasteiger partial charge is 0.408 e. The molecule has 1 rings (SSSR count). The number of carbonyl (C=O) groups is 2. The summed E-state index contributed by atoms with van der Waals surface area (Å²) in [6.07, 6.45) is 1.27. The van der Waals surface area contributed by atoms with Gasteiger partial charge in [-0.1, -0.05) is 0 Å². The van der Waals surface area contributed by atoms with Crippen LogP contribution in [0.2, 0.25) is 0 Å². The largest absolute Gasteiger partial charge is 0.467 e. The van der Waals surface area contributed by atoms with Gasteiger partial charge in [-0.15, -0.1) is 0 Å². The fourth-order valence-electron chi connectivity index (χ4n) is 2.09. The van der Waals surface area contributed by atoms with Crippen molar-refractivity contribution in [3.8, 4) is 0 Å². The summed E-state index contributed by atoms with van der Waals surface area (Å²) >= 11 is 0. The number of methoxy groups -OCH3 is 1. The van der Waals surface area contributed by atoms with Crippen LogP contribution < -0.4 is 10.6 Å². The predicted molar refractivity (Wildman–Crippen MR) is 70.8 cm³/mol. The zero-order valence-corrected chi connectivity index (χ0v) is 12.1. The molecule has 2 atom stereocenters. The molecule has 0 unspecified atom stereocenters. The number of piperidine rings is 1. The molecule has 0 saturated carbocycles. The zero-order chi connectivity index (χ0) is 14.5. The number of carbonyl (C=O) groups excluding carboxylic acids is 2. The molecule has 1 aliphatic heterocycles. The highest BCUT2D eigenvalue weighted by Crippen LogP contribution is 2.16. The van der Waals surface area contributed by atoms with Crippen molar-refractivity contribution >= 4 is 12.1 Å². The van der Waals surface area contributed by atoms with Crippen LogP contribution in [-0.2, 0) is 14.3 Å². The highest BCUT2D eigenvalue weighted by atomic mass is 16.6. The Balaban J connectivity index is 2.64. The highest BCUT2D eigenvalue weighted by Gasteiger charge is 2.33. The van der Waals surface area contributed by atoms with Crippen LogP contribution in [0.3, 0.4) is 0 Å². The third-order valence-electron chi connectivity index (χ3n) is 2.93. The van der Waals surface area contributed by atoms with Gasteiger partial charge in [0.05, 0.1) is 7.11 Å². The van der Waals surface area contributed by atoms with Crippen molar-refractivity contribution in [3.63, 3.8) is 0 Å². The Bertz CT molecular complexity index is 319. The van der Waals surface area contributed by atoms with Crippen LogP contribution in [0.25, 0.3) is 0 Å². The van der Waals surface area contributed by atoms with Crippen molar-refractivity contribution in [2.24, 2.45) is 5.92 Å². The summed E-state index contributed by atoms with van der Waals surface area (Å²) in [6, 6.07) is -0.660. The monoisotopic (exact) mass is 272 g/mol. The molecule has 0 aromatic rings. The van der Waals surface area contributed by atoms with Crippen LogP contribution in [-0.4, -0.2) is 43.9 Å². The fraction of sp³-hybridized carbons (Fsp3) is 0.846. The average Bonchev–Trinajstić information content (AvgIpc) is 2.34. The summed E-state index contributed by atoms with van der Waals surface area (Å²) in [4.78, 5) is 23.6. The molecule has 1 heterocycles. The van der Waals surface area contributed by atoms with Gasteiger partial charge in [0.2, 0.25) is 0 Å². The third kappa shape index (κ3) is 5.46. The number of amides is 1. The Kier molecular flexibility index (Phi) is 5.60. The Hall–Kier alpha value is -1.30. The van der Waals surface area contributed by atoms with Gasteiger partial charge in [0.15, 0.2) is 0 Å². The molecule has 0 bridgehead atoms. The molecule has 1 aliphatic rings. The first-order valence-electron chi connectivity index (χ1n) is 6.61. The van der Waals surface area contributed by atoms with Crippen molar-refractivity contribution in [2.75, 3.05) is 20.2 Å². The number of ether oxygens (including phenoxy) is 2. The summed E-state index contributed by atoms with van der Waals surface area (Å²) in [5.74, 6) is -0.395. The van der Waals surface area contributed by atoms with Crippen molar-refractivity contribution in [2.45, 2.75) is 45.3 Å². The molecule has 0 aromatic carbocycles. The van der Waals surface area contributed by atoms with E-state index < -0.39 is 23.7 Å². The second-order valence-electron chi connectivity index (χ2n) is 5.75. The van der Waals surface area contributed by atoms with Gasteiger partial charge in [-0.2, -0.15) is 0 Å². The maximum atomic E-state index is 11.8. The molecular weight excluding hydrogens is 248 g/mol. The lowest BCUT2D eigenvalue weighted by Gasteiger charge is -2.30. The van der Waals surface area contributed by atoms with Crippen molar-refractivity contribution in [3.05, 3.63) is 0 Å². The highest BCUT2D eigenvalue weighted by molar-refractivity contribution is 5.81. The van der Waals surface area contributed by atoms with Gasteiger partial charge in [0.25, 0.3) is 0 Å². The van der Waals surface area contributed by atoms with E-state index in [1.54, 1.807) is 20.8 Å². The van der Waals surface area contributed by atoms with Crippen molar-refractivity contribution < 1.29 is 19.1 Å². The van der Waals surface area contributed by atoms with Gasteiger partial charge < -0.3 is 20.1 Å². The van der Waals surface area contributed by atoms with Crippen molar-refractivity contribution in [1.82, 2.24) is 10.6 Å². The standard InChI is InChI=1S/C13H24N2O4/c1-13(2,3)19-12(17)15-10(11(16)18-4)9-6-5-7-14-8-9/h9-10,14H,5-8H2,1-4H3,(H,15,17)/t9-,10-/m1/s1. The van der Waals surface area contributed by atoms with Gasteiger partial charge >= 0.3 is 12.1 Å². The number of nitrogens with one attached hydrogen (secondary N) is 2. The van der Waals surface area contributed by atoms with Crippen LogP contribution in [0.5, 0.6) is 0 Å². The lowest BCUT2D eigenvalue weighted by Crippen LogP contribution is -2.52. The topological polar surface area (TPSA) is 76.7 Å². The Morgan fingerprint density at radius 2 is 2.05 bits per heavy atom. The molecule has 1 amide bonds. The second-order valence-corrected chi connectivity index (χ2v) is 5.75. The van der Waals surface area contributed by atoms with E-state index in [9.17, 15) is 9.59 Å². The van der Waals surface area contributed by atoms with Crippen LogP contribution in [0.15, 0.2) is 0 Å². The molecule has 0 radical (unpaired) electrons. The molecule has 0 spiro atoms. The quantitative estimate of drug-likeness (QED) is 0.751. The SMILES string of the molecule is COC(=O)[C@H](NC(=O)OC(C)(C)C)[C@@H]1CCCNC1. The summed E-state index contributed by atoms with van der Waals surface area (Å²) < 4.78 is 9.94. The zero-order valence-electron chi connectivity index (χ0n) is 12.1. The van der Waals surface area contributed by atoms with E-state index >= 15 is 0 Å². The minimum absolute atomic E-state index is 0.0359. The van der Waals surface area contributed by atoms with Gasteiger partial charge in [0.1, 0.15) is 11.6 Å². The maximum absolute atomic E-state index is 11.8. The van der Waals surface area contributed by atoms with E-state index in [2.05, 4.69) is 10.6 Å². The van der Waals surface area contributed by atoms with Gasteiger partial charge in [-0.25, -0.2) is 9.59 Å². The van der Waals surface area contributed by atoms with Crippen molar-refractivity contribution in [1.29, 1.82) is 0 Å². The van der Waals surface area contributed by atoms with Gasteiger partial charge in [-0.05, 0) is 40.2 Å². The maximum Gasteiger partial charge on any atom is 0.408 e.